The van der Waals surface area contributed by atoms with E-state index in [1.165, 1.54) is 6.07 Å². The van der Waals surface area contributed by atoms with Crippen LogP contribution in [0.4, 0.5) is 19.3 Å². The van der Waals surface area contributed by atoms with Gasteiger partial charge in [-0.15, -0.1) is 11.8 Å². The summed E-state index contributed by atoms with van der Waals surface area (Å²) in [5, 5.41) is 14.5. The summed E-state index contributed by atoms with van der Waals surface area (Å²) in [6, 6.07) is 9.72. The molecule has 0 saturated heterocycles. The standard InChI is InChI=1S/C16H16F2N2O2S/c1-23-11-7-5-10(6-8-11)14(21)9-19-16(22)20-15-12(17)3-2-4-13(15)18/h2-8,14,21H,9H2,1H3,(H2,19,20,22). The number of amides is 2. The van der Waals surface area contributed by atoms with E-state index in [1.807, 2.05) is 18.4 Å². The highest BCUT2D eigenvalue weighted by Gasteiger charge is 2.13. The summed E-state index contributed by atoms with van der Waals surface area (Å²) < 4.78 is 26.8. The molecule has 2 amide bonds. The summed E-state index contributed by atoms with van der Waals surface area (Å²) in [6.07, 6.45) is 1.03. The molecule has 4 nitrogen and oxygen atoms in total. The number of halogens is 2. The maximum absolute atomic E-state index is 13.4. The molecule has 2 aromatic carbocycles. The quantitative estimate of drug-likeness (QED) is 0.731. The van der Waals surface area contributed by atoms with Crippen LogP contribution >= 0.6 is 11.8 Å². The summed E-state index contributed by atoms with van der Waals surface area (Å²) in [6.45, 7) is -0.0828. The molecule has 0 bridgehead atoms. The Hall–Kier alpha value is -2.12. The number of nitrogens with one attached hydrogen (secondary N) is 2. The van der Waals surface area contributed by atoms with Gasteiger partial charge in [0.05, 0.1) is 6.10 Å². The Morgan fingerprint density at radius 2 is 1.78 bits per heavy atom. The van der Waals surface area contributed by atoms with Gasteiger partial charge in [0, 0.05) is 11.4 Å². The van der Waals surface area contributed by atoms with Gasteiger partial charge in [-0.05, 0) is 36.1 Å². The highest BCUT2D eigenvalue weighted by molar-refractivity contribution is 7.98. The Balaban J connectivity index is 1.90. The zero-order valence-corrected chi connectivity index (χ0v) is 13.2. The number of thioether (sulfide) groups is 1. The number of aliphatic hydroxyl groups excluding tert-OH is 1. The van der Waals surface area contributed by atoms with Gasteiger partial charge in [-0.2, -0.15) is 0 Å². The number of carbonyl (C=O) groups is 1. The van der Waals surface area contributed by atoms with Crippen molar-refractivity contribution in [2.75, 3.05) is 18.1 Å². The van der Waals surface area contributed by atoms with E-state index < -0.39 is 29.5 Å². The van der Waals surface area contributed by atoms with Gasteiger partial charge in [-0.3, -0.25) is 0 Å². The van der Waals surface area contributed by atoms with Gasteiger partial charge in [0.25, 0.3) is 0 Å². The number of rotatable bonds is 5. The molecule has 0 radical (unpaired) electrons. The summed E-state index contributed by atoms with van der Waals surface area (Å²) in [7, 11) is 0. The first-order valence-corrected chi connectivity index (χ1v) is 8.04. The first-order valence-electron chi connectivity index (χ1n) is 6.82. The molecule has 0 spiro atoms. The van der Waals surface area contributed by atoms with Crippen molar-refractivity contribution in [1.82, 2.24) is 5.32 Å². The maximum Gasteiger partial charge on any atom is 0.319 e. The molecule has 2 rings (SSSR count). The van der Waals surface area contributed by atoms with Crippen molar-refractivity contribution in [3.63, 3.8) is 0 Å². The number of para-hydroxylation sites is 1. The third kappa shape index (κ3) is 4.67. The average Bonchev–Trinajstić information content (AvgIpc) is 2.56. The van der Waals surface area contributed by atoms with E-state index in [4.69, 9.17) is 0 Å². The molecule has 23 heavy (non-hydrogen) atoms. The fourth-order valence-corrected chi connectivity index (χ4v) is 2.32. The molecule has 0 aliphatic carbocycles. The van der Waals surface area contributed by atoms with Crippen LogP contribution < -0.4 is 10.6 Å². The zero-order valence-electron chi connectivity index (χ0n) is 12.3. The van der Waals surface area contributed by atoms with Crippen LogP contribution in [0.2, 0.25) is 0 Å². The molecule has 7 heteroatoms. The second-order valence-electron chi connectivity index (χ2n) is 4.72. The van der Waals surface area contributed by atoms with Crippen molar-refractivity contribution >= 4 is 23.5 Å². The number of carbonyl (C=O) groups excluding carboxylic acids is 1. The third-order valence-electron chi connectivity index (χ3n) is 3.16. The molecule has 3 N–H and O–H groups in total. The maximum atomic E-state index is 13.4. The van der Waals surface area contributed by atoms with Gasteiger partial charge in [0.15, 0.2) is 0 Å². The Morgan fingerprint density at radius 3 is 2.35 bits per heavy atom. The Morgan fingerprint density at radius 1 is 1.17 bits per heavy atom. The lowest BCUT2D eigenvalue weighted by molar-refractivity contribution is 0.175. The fraction of sp³-hybridized carbons (Fsp3) is 0.188. The number of benzene rings is 2. The fourth-order valence-electron chi connectivity index (χ4n) is 1.91. The molecule has 0 fully saturated rings. The molecule has 1 atom stereocenters. The number of hydrogen-bond acceptors (Lipinski definition) is 3. The van der Waals surface area contributed by atoms with Crippen molar-refractivity contribution in [1.29, 1.82) is 0 Å². The molecule has 0 saturated carbocycles. The van der Waals surface area contributed by atoms with Crippen LogP contribution in [0, 0.1) is 11.6 Å². The topological polar surface area (TPSA) is 61.4 Å². The highest BCUT2D eigenvalue weighted by Crippen LogP contribution is 2.19. The van der Waals surface area contributed by atoms with Gasteiger partial charge in [-0.1, -0.05) is 18.2 Å². The van der Waals surface area contributed by atoms with Crippen molar-refractivity contribution in [3.8, 4) is 0 Å². The third-order valence-corrected chi connectivity index (χ3v) is 3.90. The van der Waals surface area contributed by atoms with Gasteiger partial charge >= 0.3 is 6.03 Å². The van der Waals surface area contributed by atoms with Crippen molar-refractivity contribution < 1.29 is 18.7 Å². The molecule has 0 aliphatic heterocycles. The molecule has 0 aromatic heterocycles. The minimum atomic E-state index is -0.915. The van der Waals surface area contributed by atoms with E-state index in [9.17, 15) is 18.7 Å². The number of aliphatic hydroxyl groups is 1. The Labute approximate surface area is 136 Å². The van der Waals surface area contributed by atoms with Gasteiger partial charge in [0.1, 0.15) is 17.3 Å². The predicted molar refractivity (Wildman–Crippen MR) is 86.6 cm³/mol. The number of urea groups is 1. The number of anilines is 1. The van der Waals surface area contributed by atoms with Crippen LogP contribution in [-0.4, -0.2) is 23.9 Å². The predicted octanol–water partition coefficient (Wildman–Crippen LogP) is 3.54. The second-order valence-corrected chi connectivity index (χ2v) is 5.60. The summed E-state index contributed by atoms with van der Waals surface area (Å²) in [4.78, 5) is 12.7. The minimum absolute atomic E-state index is 0.0828. The van der Waals surface area contributed by atoms with Crippen LogP contribution in [-0.2, 0) is 0 Å². The average molecular weight is 338 g/mol. The van der Waals surface area contributed by atoms with Crippen LogP contribution in [0.3, 0.4) is 0 Å². The van der Waals surface area contributed by atoms with Crippen molar-refractivity contribution in [3.05, 3.63) is 59.7 Å². The van der Waals surface area contributed by atoms with Crippen LogP contribution in [0.1, 0.15) is 11.7 Å². The van der Waals surface area contributed by atoms with Crippen molar-refractivity contribution in [2.24, 2.45) is 0 Å². The molecule has 122 valence electrons. The van der Waals surface area contributed by atoms with E-state index in [-0.39, 0.29) is 6.54 Å². The van der Waals surface area contributed by atoms with Crippen molar-refractivity contribution in [2.45, 2.75) is 11.0 Å². The molecular weight excluding hydrogens is 322 g/mol. The number of hydrogen-bond donors (Lipinski definition) is 3. The largest absolute Gasteiger partial charge is 0.387 e. The molecular formula is C16H16F2N2O2S. The van der Waals surface area contributed by atoms with Gasteiger partial charge < -0.3 is 15.7 Å². The summed E-state index contributed by atoms with van der Waals surface area (Å²) in [5.41, 5.74) is 0.115. The first kappa shape index (κ1) is 17.2. The van der Waals surface area contributed by atoms with E-state index in [0.29, 0.717) is 5.56 Å². The normalized spacial score (nSPS) is 11.8. The van der Waals surface area contributed by atoms with Gasteiger partial charge in [-0.25, -0.2) is 13.6 Å². The summed E-state index contributed by atoms with van der Waals surface area (Å²) in [5.74, 6) is -1.73. The lowest BCUT2D eigenvalue weighted by Gasteiger charge is -2.14. The monoisotopic (exact) mass is 338 g/mol. The molecule has 2 aromatic rings. The SMILES string of the molecule is CSc1ccc(C(O)CNC(=O)Nc2c(F)cccc2F)cc1. The molecule has 1 unspecified atom stereocenters. The van der Waals surface area contributed by atoms with Crippen LogP contribution in [0.5, 0.6) is 0 Å². The van der Waals surface area contributed by atoms with E-state index in [2.05, 4.69) is 10.6 Å². The molecule has 0 heterocycles. The zero-order chi connectivity index (χ0) is 16.8. The van der Waals surface area contributed by atoms with E-state index in [1.54, 1.807) is 23.9 Å². The second kappa shape index (κ2) is 7.94. The Kier molecular flexibility index (Phi) is 5.95. The Bertz CT molecular complexity index is 660. The smallest absolute Gasteiger partial charge is 0.319 e. The van der Waals surface area contributed by atoms with E-state index in [0.717, 1.165) is 17.0 Å². The summed E-state index contributed by atoms with van der Waals surface area (Å²) >= 11 is 1.58. The first-order chi connectivity index (χ1) is 11.0. The van der Waals surface area contributed by atoms with Gasteiger partial charge in [0.2, 0.25) is 0 Å². The highest BCUT2D eigenvalue weighted by atomic mass is 32.2. The van der Waals surface area contributed by atoms with Crippen LogP contribution in [0.25, 0.3) is 0 Å². The molecule has 0 aliphatic rings. The lowest BCUT2D eigenvalue weighted by Crippen LogP contribution is -2.33. The van der Waals surface area contributed by atoms with Crippen LogP contribution in [0.15, 0.2) is 47.4 Å². The van der Waals surface area contributed by atoms with E-state index >= 15 is 0 Å². The minimum Gasteiger partial charge on any atom is -0.387 e. The lowest BCUT2D eigenvalue weighted by atomic mass is 10.1.